The van der Waals surface area contributed by atoms with Gasteiger partial charge in [0, 0.05) is 23.0 Å². The van der Waals surface area contributed by atoms with Gasteiger partial charge in [-0.15, -0.1) is 0 Å². The zero-order valence-electron chi connectivity index (χ0n) is 6.99. The van der Waals surface area contributed by atoms with Gasteiger partial charge in [0.15, 0.2) is 0 Å². The molecule has 0 spiro atoms. The van der Waals surface area contributed by atoms with Gasteiger partial charge in [0.25, 0.3) is 0 Å². The molecule has 1 N–H and O–H groups in total. The van der Waals surface area contributed by atoms with Gasteiger partial charge < -0.3 is 0 Å². The third kappa shape index (κ3) is 1.72. The standard InChI is InChI=1S/C7H11NO3S/c1-4-3-5(12(2)11)7(10)8-6(4)9/h4-5H,3H2,1-2H3,(H,8,9,10). The Labute approximate surface area is 73.2 Å². The van der Waals surface area contributed by atoms with E-state index in [1.54, 1.807) is 6.92 Å². The number of carbonyl (C=O) groups excluding carboxylic acids is 2. The first-order chi connectivity index (χ1) is 5.52. The molecular weight excluding hydrogens is 178 g/mol. The van der Waals surface area contributed by atoms with Crippen molar-refractivity contribution in [1.82, 2.24) is 5.32 Å². The van der Waals surface area contributed by atoms with Crippen LogP contribution in [0.1, 0.15) is 13.3 Å². The second-order valence-corrected chi connectivity index (χ2v) is 4.54. The van der Waals surface area contributed by atoms with Crippen LogP contribution in [0.15, 0.2) is 0 Å². The maximum atomic E-state index is 11.1. The zero-order valence-corrected chi connectivity index (χ0v) is 7.81. The molecule has 1 aliphatic heterocycles. The monoisotopic (exact) mass is 189 g/mol. The molecule has 3 unspecified atom stereocenters. The van der Waals surface area contributed by atoms with Crippen molar-refractivity contribution >= 4 is 22.6 Å². The number of piperidine rings is 1. The first kappa shape index (κ1) is 9.38. The van der Waals surface area contributed by atoms with Crippen LogP contribution in [0.25, 0.3) is 0 Å². The van der Waals surface area contributed by atoms with Gasteiger partial charge >= 0.3 is 0 Å². The first-order valence-corrected chi connectivity index (χ1v) is 5.31. The number of imide groups is 1. The fraction of sp³-hybridized carbons (Fsp3) is 0.714. The Morgan fingerprint density at radius 2 is 2.00 bits per heavy atom. The predicted octanol–water partition coefficient (Wildman–Crippen LogP) is -0.584. The Bertz CT molecular complexity index is 251. The van der Waals surface area contributed by atoms with Crippen molar-refractivity contribution in [2.45, 2.75) is 18.6 Å². The van der Waals surface area contributed by atoms with Crippen LogP contribution in [0.5, 0.6) is 0 Å². The third-order valence-electron chi connectivity index (χ3n) is 1.95. The van der Waals surface area contributed by atoms with Crippen LogP contribution in [-0.2, 0) is 20.4 Å². The van der Waals surface area contributed by atoms with Gasteiger partial charge in [-0.05, 0) is 6.42 Å². The van der Waals surface area contributed by atoms with E-state index in [9.17, 15) is 13.8 Å². The molecule has 0 aliphatic carbocycles. The highest BCUT2D eigenvalue weighted by molar-refractivity contribution is 7.85. The third-order valence-corrected chi connectivity index (χ3v) is 3.16. The van der Waals surface area contributed by atoms with E-state index in [4.69, 9.17) is 0 Å². The Morgan fingerprint density at radius 3 is 2.50 bits per heavy atom. The lowest BCUT2D eigenvalue weighted by molar-refractivity contribution is -0.135. The molecule has 0 saturated carbocycles. The molecule has 0 aromatic carbocycles. The van der Waals surface area contributed by atoms with Gasteiger partial charge in [-0.25, -0.2) is 0 Å². The summed E-state index contributed by atoms with van der Waals surface area (Å²) < 4.78 is 11.0. The minimum absolute atomic E-state index is 0.211. The number of amides is 2. The number of carbonyl (C=O) groups is 2. The largest absolute Gasteiger partial charge is 0.295 e. The highest BCUT2D eigenvalue weighted by Crippen LogP contribution is 2.15. The summed E-state index contributed by atoms with van der Waals surface area (Å²) in [7, 11) is -1.18. The second kappa shape index (κ2) is 3.35. The molecule has 0 aromatic rings. The van der Waals surface area contributed by atoms with Gasteiger partial charge in [-0.1, -0.05) is 6.92 Å². The lowest BCUT2D eigenvalue weighted by Gasteiger charge is -2.23. The second-order valence-electron chi connectivity index (χ2n) is 2.98. The van der Waals surface area contributed by atoms with E-state index in [1.807, 2.05) is 0 Å². The van der Waals surface area contributed by atoms with Crippen molar-refractivity contribution in [3.8, 4) is 0 Å². The van der Waals surface area contributed by atoms with Crippen molar-refractivity contribution in [1.29, 1.82) is 0 Å². The highest BCUT2D eigenvalue weighted by Gasteiger charge is 2.33. The lowest BCUT2D eigenvalue weighted by atomic mass is 10.0. The maximum absolute atomic E-state index is 11.1. The fourth-order valence-corrected chi connectivity index (χ4v) is 2.07. The van der Waals surface area contributed by atoms with Crippen LogP contribution in [0.2, 0.25) is 0 Å². The predicted molar refractivity (Wildman–Crippen MR) is 44.8 cm³/mol. The minimum Gasteiger partial charge on any atom is -0.295 e. The average Bonchev–Trinajstić information content (AvgIpc) is 1.96. The van der Waals surface area contributed by atoms with E-state index >= 15 is 0 Å². The minimum atomic E-state index is -1.18. The summed E-state index contributed by atoms with van der Waals surface area (Å²) in [6.07, 6.45) is 1.88. The maximum Gasteiger partial charge on any atom is 0.242 e. The summed E-state index contributed by atoms with van der Waals surface area (Å²) in [6.45, 7) is 1.72. The highest BCUT2D eigenvalue weighted by atomic mass is 32.2. The molecule has 5 heteroatoms. The quantitative estimate of drug-likeness (QED) is 0.561. The SMILES string of the molecule is CC1CC(S(C)=O)C(=O)NC1=O. The molecule has 3 atom stereocenters. The lowest BCUT2D eigenvalue weighted by Crippen LogP contribution is -2.49. The zero-order chi connectivity index (χ0) is 9.30. The number of rotatable bonds is 1. The van der Waals surface area contributed by atoms with Crippen LogP contribution in [0, 0.1) is 5.92 Å². The van der Waals surface area contributed by atoms with Crippen molar-refractivity contribution in [3.63, 3.8) is 0 Å². The number of hydrogen-bond acceptors (Lipinski definition) is 3. The van der Waals surface area contributed by atoms with Gasteiger partial charge in [-0.2, -0.15) is 0 Å². The van der Waals surface area contributed by atoms with Crippen LogP contribution in [0.3, 0.4) is 0 Å². The smallest absolute Gasteiger partial charge is 0.242 e. The van der Waals surface area contributed by atoms with Gasteiger partial charge in [0.2, 0.25) is 11.8 Å². The van der Waals surface area contributed by atoms with Gasteiger partial charge in [-0.3, -0.25) is 19.1 Å². The van der Waals surface area contributed by atoms with Crippen LogP contribution in [-0.4, -0.2) is 27.5 Å². The van der Waals surface area contributed by atoms with E-state index < -0.39 is 22.0 Å². The van der Waals surface area contributed by atoms with Crippen molar-refractivity contribution in [2.75, 3.05) is 6.26 Å². The summed E-state index contributed by atoms with van der Waals surface area (Å²) in [6, 6.07) is 0. The average molecular weight is 189 g/mol. The van der Waals surface area contributed by atoms with Crippen molar-refractivity contribution in [3.05, 3.63) is 0 Å². The fourth-order valence-electron chi connectivity index (χ4n) is 1.15. The molecule has 4 nitrogen and oxygen atoms in total. The van der Waals surface area contributed by atoms with E-state index in [0.29, 0.717) is 6.42 Å². The number of hydrogen-bond donors (Lipinski definition) is 1. The molecule has 0 aromatic heterocycles. The van der Waals surface area contributed by atoms with Crippen LogP contribution in [0.4, 0.5) is 0 Å². The van der Waals surface area contributed by atoms with Crippen LogP contribution >= 0.6 is 0 Å². The summed E-state index contributed by atoms with van der Waals surface area (Å²) in [5.41, 5.74) is 0. The summed E-state index contributed by atoms with van der Waals surface area (Å²) in [5.74, 6) is -0.878. The first-order valence-electron chi connectivity index (χ1n) is 3.69. The molecule has 1 heterocycles. The molecule has 1 fully saturated rings. The van der Waals surface area contributed by atoms with Gasteiger partial charge in [0.05, 0.1) is 0 Å². The molecule has 0 radical (unpaired) electrons. The molecule has 0 bridgehead atoms. The summed E-state index contributed by atoms with van der Waals surface area (Å²) in [4.78, 5) is 22.0. The summed E-state index contributed by atoms with van der Waals surface area (Å²) in [5, 5.41) is 1.67. The van der Waals surface area contributed by atoms with E-state index in [2.05, 4.69) is 5.32 Å². The Hall–Kier alpha value is -0.710. The molecule has 2 amide bonds. The Balaban J connectivity index is 2.74. The normalized spacial score (nSPS) is 32.8. The molecule has 12 heavy (non-hydrogen) atoms. The molecular formula is C7H11NO3S. The molecule has 1 rings (SSSR count). The van der Waals surface area contributed by atoms with Crippen molar-refractivity contribution < 1.29 is 13.8 Å². The topological polar surface area (TPSA) is 63.2 Å². The molecule has 68 valence electrons. The Morgan fingerprint density at radius 1 is 1.42 bits per heavy atom. The van der Waals surface area contributed by atoms with E-state index in [1.165, 1.54) is 6.26 Å². The molecule has 1 aliphatic rings. The van der Waals surface area contributed by atoms with Gasteiger partial charge in [0.1, 0.15) is 5.25 Å². The Kier molecular flexibility index (Phi) is 2.62. The van der Waals surface area contributed by atoms with Crippen LogP contribution < -0.4 is 5.32 Å². The summed E-state index contributed by atoms with van der Waals surface area (Å²) >= 11 is 0. The van der Waals surface area contributed by atoms with E-state index in [-0.39, 0.29) is 11.8 Å². The number of nitrogens with one attached hydrogen (secondary N) is 1. The van der Waals surface area contributed by atoms with Crippen molar-refractivity contribution in [2.24, 2.45) is 5.92 Å². The molecule has 1 saturated heterocycles. The van der Waals surface area contributed by atoms with E-state index in [0.717, 1.165) is 0 Å².